The summed E-state index contributed by atoms with van der Waals surface area (Å²) in [6, 6.07) is 12.4. The first-order valence-corrected chi connectivity index (χ1v) is 7.36. The Morgan fingerprint density at radius 1 is 1.12 bits per heavy atom. The fourth-order valence-electron chi connectivity index (χ4n) is 2.06. The van der Waals surface area contributed by atoms with Crippen molar-refractivity contribution in [1.29, 1.82) is 0 Å². The summed E-state index contributed by atoms with van der Waals surface area (Å²) in [5.74, 6) is -0.164. The lowest BCUT2D eigenvalue weighted by molar-refractivity contribution is -0.394. The smallest absolute Gasteiger partial charge is 0.321 e. The summed E-state index contributed by atoms with van der Waals surface area (Å²) in [4.78, 5) is 25.7. The van der Waals surface area contributed by atoms with Crippen LogP contribution < -0.4 is 4.84 Å². The maximum Gasteiger partial charge on any atom is 0.321 e. The van der Waals surface area contributed by atoms with E-state index in [0.717, 1.165) is 23.8 Å². The Morgan fingerprint density at radius 2 is 1.84 bits per heavy atom. The summed E-state index contributed by atoms with van der Waals surface area (Å²) in [6.07, 6.45) is 2.92. The van der Waals surface area contributed by atoms with Crippen LogP contribution in [0.25, 0.3) is 0 Å². The highest BCUT2D eigenvalue weighted by molar-refractivity contribution is 6.00. The molecule has 0 aromatic heterocycles. The largest absolute Gasteiger partial charge is 0.349 e. The van der Waals surface area contributed by atoms with Gasteiger partial charge in [0, 0.05) is 6.07 Å². The van der Waals surface area contributed by atoms with E-state index in [4.69, 9.17) is 4.84 Å². The van der Waals surface area contributed by atoms with E-state index in [1.807, 2.05) is 30.3 Å². The Kier molecular flexibility index (Phi) is 5.94. The molecular weight excluding hydrogens is 326 g/mol. The summed E-state index contributed by atoms with van der Waals surface area (Å²) in [7, 11) is 0. The average Bonchev–Trinajstić information content (AvgIpc) is 2.62. The first kappa shape index (κ1) is 17.8. The first-order chi connectivity index (χ1) is 12.0. The summed E-state index contributed by atoms with van der Waals surface area (Å²) in [5.41, 5.74) is 0.495. The van der Waals surface area contributed by atoms with Crippen molar-refractivity contribution in [3.63, 3.8) is 0 Å². The summed E-state index contributed by atoms with van der Waals surface area (Å²) < 4.78 is 0. The van der Waals surface area contributed by atoms with Gasteiger partial charge in [-0.3, -0.25) is 20.2 Å². The number of hydrogen-bond acceptors (Lipinski definition) is 6. The third-order valence-electron chi connectivity index (χ3n) is 3.30. The number of nitro benzene ring substituents is 2. The van der Waals surface area contributed by atoms with Crippen molar-refractivity contribution in [3.8, 4) is 5.75 Å². The van der Waals surface area contributed by atoms with E-state index in [-0.39, 0.29) is 5.75 Å². The van der Waals surface area contributed by atoms with E-state index in [9.17, 15) is 20.2 Å². The minimum absolute atomic E-state index is 0.164. The van der Waals surface area contributed by atoms with E-state index in [2.05, 4.69) is 11.7 Å². The van der Waals surface area contributed by atoms with Crippen LogP contribution >= 0.6 is 0 Å². The fourth-order valence-corrected chi connectivity index (χ4v) is 2.06. The van der Waals surface area contributed by atoms with E-state index >= 15 is 0 Å². The zero-order valence-electron chi connectivity index (χ0n) is 13.2. The quantitative estimate of drug-likeness (QED) is 0.308. The van der Waals surface area contributed by atoms with Gasteiger partial charge in [0.15, 0.2) is 0 Å². The van der Waals surface area contributed by atoms with Crippen LogP contribution in [0.5, 0.6) is 5.75 Å². The first-order valence-electron chi connectivity index (χ1n) is 7.36. The van der Waals surface area contributed by atoms with E-state index in [0.29, 0.717) is 18.6 Å². The van der Waals surface area contributed by atoms with Gasteiger partial charge in [-0.2, -0.15) is 0 Å². The van der Waals surface area contributed by atoms with Gasteiger partial charge < -0.3 is 4.84 Å². The molecule has 0 aliphatic heterocycles. The highest BCUT2D eigenvalue weighted by Crippen LogP contribution is 2.31. The number of hydrogen-bond donors (Lipinski definition) is 0. The standard InChI is InChI=1S/C17H15N3O5/c1-2-3-9-15(13-7-5-4-6-8-13)18-25-17-11-10-14(19(21)22)12-16(17)20(23)24/h2,4-8,10-12H,1,3,9H2/b18-15-. The predicted octanol–water partition coefficient (Wildman–Crippen LogP) is 4.25. The van der Waals surface area contributed by atoms with Crippen LogP contribution in [0, 0.1) is 20.2 Å². The second-order valence-electron chi connectivity index (χ2n) is 4.99. The molecule has 2 aromatic rings. The Hall–Kier alpha value is -3.55. The second-order valence-corrected chi connectivity index (χ2v) is 4.99. The van der Waals surface area contributed by atoms with Gasteiger partial charge in [0.1, 0.15) is 0 Å². The summed E-state index contributed by atoms with van der Waals surface area (Å²) in [5, 5.41) is 25.9. The molecule has 0 radical (unpaired) electrons. The molecular formula is C17H15N3O5. The van der Waals surface area contributed by atoms with Gasteiger partial charge in [-0.15, -0.1) is 6.58 Å². The van der Waals surface area contributed by atoms with Gasteiger partial charge in [-0.25, -0.2) is 0 Å². The normalized spacial score (nSPS) is 11.0. The Bertz CT molecular complexity index is 818. The van der Waals surface area contributed by atoms with Crippen molar-refractivity contribution in [2.45, 2.75) is 12.8 Å². The molecule has 0 amide bonds. The molecule has 0 spiro atoms. The highest BCUT2D eigenvalue weighted by atomic mass is 16.7. The number of benzene rings is 2. The monoisotopic (exact) mass is 341 g/mol. The number of nitro groups is 2. The van der Waals surface area contributed by atoms with E-state index in [1.165, 1.54) is 0 Å². The predicted molar refractivity (Wildman–Crippen MR) is 92.8 cm³/mol. The molecule has 0 heterocycles. The van der Waals surface area contributed by atoms with Gasteiger partial charge in [0.2, 0.25) is 5.75 Å². The molecule has 25 heavy (non-hydrogen) atoms. The van der Waals surface area contributed by atoms with Crippen LogP contribution in [-0.4, -0.2) is 15.6 Å². The van der Waals surface area contributed by atoms with Crippen molar-refractivity contribution >= 4 is 17.1 Å². The van der Waals surface area contributed by atoms with Crippen molar-refractivity contribution in [1.82, 2.24) is 0 Å². The molecule has 0 N–H and O–H groups in total. The molecule has 8 heteroatoms. The molecule has 0 aliphatic rings. The van der Waals surface area contributed by atoms with Crippen LogP contribution in [0.3, 0.4) is 0 Å². The molecule has 2 rings (SSSR count). The fraction of sp³-hybridized carbons (Fsp3) is 0.118. The number of non-ortho nitro benzene ring substituents is 1. The average molecular weight is 341 g/mol. The minimum atomic E-state index is -0.746. The molecule has 0 aliphatic carbocycles. The number of nitrogens with zero attached hydrogens (tertiary/aromatic N) is 3. The SMILES string of the molecule is C=CCC/C(=N/Oc1ccc([N+](=O)[O-])cc1[N+](=O)[O-])c1ccccc1. The van der Waals surface area contributed by atoms with Gasteiger partial charge in [-0.05, 0) is 24.5 Å². The third kappa shape index (κ3) is 4.71. The van der Waals surface area contributed by atoms with E-state index in [1.54, 1.807) is 6.08 Å². The van der Waals surface area contributed by atoms with Crippen LogP contribution in [0.2, 0.25) is 0 Å². The van der Waals surface area contributed by atoms with Crippen LogP contribution in [0.1, 0.15) is 18.4 Å². The lowest BCUT2D eigenvalue weighted by atomic mass is 10.1. The molecule has 0 atom stereocenters. The van der Waals surface area contributed by atoms with Crippen molar-refractivity contribution in [2.24, 2.45) is 5.16 Å². The molecule has 8 nitrogen and oxygen atoms in total. The zero-order valence-corrected chi connectivity index (χ0v) is 13.2. The number of allylic oxidation sites excluding steroid dienone is 1. The zero-order chi connectivity index (χ0) is 18.2. The van der Waals surface area contributed by atoms with Crippen LogP contribution in [0.15, 0.2) is 66.3 Å². The maximum atomic E-state index is 11.1. The van der Waals surface area contributed by atoms with E-state index < -0.39 is 21.2 Å². The molecule has 0 saturated carbocycles. The minimum Gasteiger partial charge on any atom is -0.349 e. The highest BCUT2D eigenvalue weighted by Gasteiger charge is 2.21. The summed E-state index contributed by atoms with van der Waals surface area (Å²) >= 11 is 0. The Morgan fingerprint density at radius 3 is 2.44 bits per heavy atom. The summed E-state index contributed by atoms with van der Waals surface area (Å²) in [6.45, 7) is 3.66. The van der Waals surface area contributed by atoms with Gasteiger partial charge in [-0.1, -0.05) is 41.6 Å². The molecule has 0 bridgehead atoms. The van der Waals surface area contributed by atoms with Crippen molar-refractivity contribution < 1.29 is 14.7 Å². The lowest BCUT2D eigenvalue weighted by Gasteiger charge is -2.06. The second kappa shape index (κ2) is 8.34. The van der Waals surface area contributed by atoms with Crippen molar-refractivity contribution in [3.05, 3.63) is 87.0 Å². The molecule has 2 aromatic carbocycles. The van der Waals surface area contributed by atoms with Crippen LogP contribution in [-0.2, 0) is 0 Å². The maximum absolute atomic E-state index is 11.1. The molecule has 0 saturated heterocycles. The third-order valence-corrected chi connectivity index (χ3v) is 3.30. The molecule has 0 fully saturated rings. The topological polar surface area (TPSA) is 108 Å². The van der Waals surface area contributed by atoms with Gasteiger partial charge in [0.05, 0.1) is 21.6 Å². The Labute approximate surface area is 143 Å². The van der Waals surface area contributed by atoms with Gasteiger partial charge in [0.25, 0.3) is 5.69 Å². The molecule has 0 unspecified atom stereocenters. The Balaban J connectivity index is 2.35. The molecule has 128 valence electrons. The number of oxime groups is 1. The van der Waals surface area contributed by atoms with Crippen LogP contribution in [0.4, 0.5) is 11.4 Å². The number of rotatable bonds is 8. The van der Waals surface area contributed by atoms with Gasteiger partial charge >= 0.3 is 5.69 Å². The van der Waals surface area contributed by atoms with Crippen molar-refractivity contribution in [2.75, 3.05) is 0 Å². The lowest BCUT2D eigenvalue weighted by Crippen LogP contribution is -2.04.